The minimum atomic E-state index is -1.10. The molecule has 1 N–H and O–H groups in total. The lowest BCUT2D eigenvalue weighted by atomic mass is 9.71. The van der Waals surface area contributed by atoms with Crippen LogP contribution in [0.5, 0.6) is 11.5 Å². The van der Waals surface area contributed by atoms with E-state index in [4.69, 9.17) is 9.47 Å². The van der Waals surface area contributed by atoms with Gasteiger partial charge in [0.05, 0.1) is 4.92 Å². The van der Waals surface area contributed by atoms with Gasteiger partial charge in [-0.05, 0) is 60.1 Å². The Morgan fingerprint density at radius 1 is 1.18 bits per heavy atom. The van der Waals surface area contributed by atoms with Crippen LogP contribution in [0.15, 0.2) is 42.5 Å². The number of ether oxygens (including phenoxy) is 2. The summed E-state index contributed by atoms with van der Waals surface area (Å²) in [6, 6.07) is 9.47. The summed E-state index contributed by atoms with van der Waals surface area (Å²) in [4.78, 5) is 22.3. The monoisotopic (exact) mass is 467 g/mol. The zero-order valence-electron chi connectivity index (χ0n) is 20.8. The van der Waals surface area contributed by atoms with E-state index in [1.54, 1.807) is 19.1 Å². The van der Waals surface area contributed by atoms with Crippen LogP contribution in [-0.4, -0.2) is 21.6 Å². The minimum absolute atomic E-state index is 0.0360. The Bertz CT molecular complexity index is 1130. The lowest BCUT2D eigenvalue weighted by Crippen LogP contribution is -2.39. The Morgan fingerprint density at radius 3 is 2.32 bits per heavy atom. The van der Waals surface area contributed by atoms with Crippen LogP contribution in [0.3, 0.4) is 0 Å². The van der Waals surface area contributed by atoms with Gasteiger partial charge in [-0.25, -0.2) is 0 Å². The van der Waals surface area contributed by atoms with Crippen molar-refractivity contribution in [3.63, 3.8) is 0 Å². The maximum Gasteiger partial charge on any atom is 0.308 e. The molecule has 0 aromatic heterocycles. The molecular weight excluding hydrogens is 434 g/mol. The summed E-state index contributed by atoms with van der Waals surface area (Å²) < 4.78 is 11.9. The zero-order chi connectivity index (χ0) is 25.5. The van der Waals surface area contributed by atoms with Gasteiger partial charge in [0.1, 0.15) is 17.6 Å². The first kappa shape index (κ1) is 25.4. The number of esters is 1. The standard InChI is InChI=1S/C27H33NO6/c1-17(29)33-23-14-19-12-13-27(7,24(30)18-8-10-20(11-9-18)28(31)32)34-22(19)15-21(23)26(5,6)16-25(2,3)4/h8-15,24,30H,16H2,1-7H3. The number of aliphatic hydroxyl groups excluding tert-OH is 1. The van der Waals surface area contributed by atoms with Crippen LogP contribution < -0.4 is 9.47 Å². The third-order valence-corrected chi connectivity index (χ3v) is 5.95. The van der Waals surface area contributed by atoms with Gasteiger partial charge in [-0.2, -0.15) is 0 Å². The van der Waals surface area contributed by atoms with Crippen LogP contribution in [0.1, 0.15) is 77.7 Å². The zero-order valence-corrected chi connectivity index (χ0v) is 20.8. The van der Waals surface area contributed by atoms with Crippen molar-refractivity contribution in [3.8, 4) is 11.5 Å². The summed E-state index contributed by atoms with van der Waals surface area (Å²) in [5.74, 6) is 0.666. The smallest absolute Gasteiger partial charge is 0.308 e. The van der Waals surface area contributed by atoms with Crippen molar-refractivity contribution < 1.29 is 24.3 Å². The van der Waals surface area contributed by atoms with E-state index in [1.807, 2.05) is 12.1 Å². The number of carbonyl (C=O) groups is 1. The van der Waals surface area contributed by atoms with Crippen LogP contribution in [0.25, 0.3) is 6.08 Å². The largest absolute Gasteiger partial charge is 0.480 e. The first-order chi connectivity index (χ1) is 15.6. The molecule has 34 heavy (non-hydrogen) atoms. The molecule has 2 aromatic rings. The third-order valence-electron chi connectivity index (χ3n) is 5.95. The lowest BCUT2D eigenvalue weighted by Gasteiger charge is -2.38. The fourth-order valence-electron chi connectivity index (χ4n) is 4.77. The van der Waals surface area contributed by atoms with Gasteiger partial charge in [-0.1, -0.05) is 40.7 Å². The van der Waals surface area contributed by atoms with Gasteiger partial charge >= 0.3 is 5.97 Å². The molecule has 2 aromatic carbocycles. The molecule has 0 saturated heterocycles. The molecule has 1 aliphatic rings. The van der Waals surface area contributed by atoms with E-state index >= 15 is 0 Å². The fourth-order valence-corrected chi connectivity index (χ4v) is 4.77. The number of nitro benzene ring substituents is 1. The molecule has 0 aliphatic carbocycles. The molecule has 1 aliphatic heterocycles. The van der Waals surface area contributed by atoms with Gasteiger partial charge in [0, 0.05) is 30.2 Å². The number of carbonyl (C=O) groups excluding carboxylic acids is 1. The SMILES string of the molecule is CC(=O)Oc1cc2c(cc1C(C)(C)CC(C)(C)C)OC(C)(C(O)c1ccc([N+](=O)[O-])cc1)C=C2. The van der Waals surface area contributed by atoms with E-state index in [2.05, 4.69) is 34.6 Å². The highest BCUT2D eigenvalue weighted by Crippen LogP contribution is 2.46. The lowest BCUT2D eigenvalue weighted by molar-refractivity contribution is -0.384. The number of rotatable bonds is 6. The fraction of sp³-hybridized carbons (Fsp3) is 0.444. The predicted octanol–water partition coefficient (Wildman–Crippen LogP) is 6.13. The molecule has 182 valence electrons. The van der Waals surface area contributed by atoms with Crippen LogP contribution in [0.2, 0.25) is 0 Å². The van der Waals surface area contributed by atoms with E-state index in [0.717, 1.165) is 17.5 Å². The molecule has 0 radical (unpaired) electrons. The predicted molar refractivity (Wildman–Crippen MR) is 131 cm³/mol. The Kier molecular flexibility index (Phi) is 6.64. The number of non-ortho nitro benzene ring substituents is 1. The van der Waals surface area contributed by atoms with Gasteiger partial charge in [0.15, 0.2) is 5.60 Å². The molecule has 0 bridgehead atoms. The summed E-state index contributed by atoms with van der Waals surface area (Å²) in [6.45, 7) is 13.8. The molecule has 0 amide bonds. The Labute approximate surface area is 200 Å². The number of hydrogen-bond donors (Lipinski definition) is 1. The second-order valence-electron chi connectivity index (χ2n) is 11.0. The molecule has 2 atom stereocenters. The number of benzene rings is 2. The van der Waals surface area contributed by atoms with Crippen LogP contribution in [0, 0.1) is 15.5 Å². The molecule has 2 unspecified atom stereocenters. The van der Waals surface area contributed by atoms with Crippen molar-refractivity contribution in [1.29, 1.82) is 0 Å². The number of nitro groups is 1. The Balaban J connectivity index is 2.01. The molecule has 3 rings (SSSR count). The molecule has 0 saturated carbocycles. The molecule has 0 spiro atoms. The first-order valence-corrected chi connectivity index (χ1v) is 11.3. The Morgan fingerprint density at radius 2 is 1.79 bits per heavy atom. The maximum atomic E-state index is 11.8. The first-order valence-electron chi connectivity index (χ1n) is 11.3. The molecular formula is C27H33NO6. The van der Waals surface area contributed by atoms with Crippen molar-refractivity contribution in [1.82, 2.24) is 0 Å². The average molecular weight is 468 g/mol. The summed E-state index contributed by atoms with van der Waals surface area (Å²) >= 11 is 0. The van der Waals surface area contributed by atoms with Crippen molar-refractivity contribution in [2.24, 2.45) is 5.41 Å². The quantitative estimate of drug-likeness (QED) is 0.237. The van der Waals surface area contributed by atoms with Crippen molar-refractivity contribution in [3.05, 3.63) is 69.3 Å². The van der Waals surface area contributed by atoms with E-state index in [-0.39, 0.29) is 16.5 Å². The molecule has 7 nitrogen and oxygen atoms in total. The van der Waals surface area contributed by atoms with Gasteiger partial charge in [0.2, 0.25) is 0 Å². The Hall–Kier alpha value is -3.19. The van der Waals surface area contributed by atoms with E-state index < -0.39 is 22.6 Å². The topological polar surface area (TPSA) is 98.9 Å². The van der Waals surface area contributed by atoms with Crippen LogP contribution in [-0.2, 0) is 10.2 Å². The van der Waals surface area contributed by atoms with Crippen LogP contribution in [0.4, 0.5) is 5.69 Å². The summed E-state index contributed by atoms with van der Waals surface area (Å²) in [5, 5.41) is 22.1. The highest BCUT2D eigenvalue weighted by molar-refractivity contribution is 5.72. The molecule has 0 fully saturated rings. The number of fused-ring (bicyclic) bond motifs is 1. The van der Waals surface area contributed by atoms with E-state index in [1.165, 1.54) is 31.2 Å². The van der Waals surface area contributed by atoms with Crippen LogP contribution >= 0.6 is 0 Å². The minimum Gasteiger partial charge on any atom is -0.480 e. The summed E-state index contributed by atoms with van der Waals surface area (Å²) in [6.07, 6.45) is 3.36. The van der Waals surface area contributed by atoms with Gasteiger partial charge in [0.25, 0.3) is 5.69 Å². The second kappa shape index (κ2) is 8.87. The number of hydrogen-bond acceptors (Lipinski definition) is 6. The van der Waals surface area contributed by atoms with Crippen molar-refractivity contribution >= 4 is 17.7 Å². The van der Waals surface area contributed by atoms with Gasteiger partial charge < -0.3 is 14.6 Å². The molecule has 7 heteroatoms. The van der Waals surface area contributed by atoms with Crippen molar-refractivity contribution in [2.75, 3.05) is 0 Å². The highest BCUT2D eigenvalue weighted by atomic mass is 16.6. The normalized spacial score (nSPS) is 18.6. The van der Waals surface area contributed by atoms with Crippen molar-refractivity contribution in [2.45, 2.75) is 72.0 Å². The van der Waals surface area contributed by atoms with E-state index in [9.17, 15) is 20.0 Å². The maximum absolute atomic E-state index is 11.8. The average Bonchev–Trinajstić information content (AvgIpc) is 2.71. The highest BCUT2D eigenvalue weighted by Gasteiger charge is 2.38. The van der Waals surface area contributed by atoms with Gasteiger partial charge in [-0.15, -0.1) is 0 Å². The molecule has 1 heterocycles. The third kappa shape index (κ3) is 5.47. The van der Waals surface area contributed by atoms with E-state index in [0.29, 0.717) is 17.1 Å². The number of nitrogens with zero attached hydrogens (tertiary/aromatic N) is 1. The van der Waals surface area contributed by atoms with Gasteiger partial charge in [-0.3, -0.25) is 14.9 Å². The number of aliphatic hydroxyl groups is 1. The summed E-state index contributed by atoms with van der Waals surface area (Å²) in [7, 11) is 0. The second-order valence-corrected chi connectivity index (χ2v) is 11.0. The summed E-state index contributed by atoms with van der Waals surface area (Å²) in [5.41, 5.74) is 0.655.